The minimum atomic E-state index is -0.477. The molecule has 1 fully saturated rings. The lowest BCUT2D eigenvalue weighted by Crippen LogP contribution is -2.60. The van der Waals surface area contributed by atoms with E-state index in [-0.39, 0.29) is 0 Å². The molecule has 1 aliphatic rings. The Morgan fingerprint density at radius 3 is 3.05 bits per heavy atom. The van der Waals surface area contributed by atoms with Gasteiger partial charge in [0.05, 0.1) is 16.2 Å². The Hall–Kier alpha value is -1.17. The van der Waals surface area contributed by atoms with Crippen LogP contribution >= 0.6 is 11.3 Å². The molecule has 2 aromatic heterocycles. The molecule has 4 nitrogen and oxygen atoms in total. The van der Waals surface area contributed by atoms with Crippen molar-refractivity contribution in [2.45, 2.75) is 31.9 Å². The highest BCUT2D eigenvalue weighted by Crippen LogP contribution is 2.28. The molecule has 1 N–H and O–H groups in total. The summed E-state index contributed by atoms with van der Waals surface area (Å²) >= 11 is 1.62. The van der Waals surface area contributed by atoms with Crippen molar-refractivity contribution in [1.29, 1.82) is 0 Å². The quantitative estimate of drug-likeness (QED) is 0.913. The fraction of sp³-hybridized carbons (Fsp3) is 0.500. The van der Waals surface area contributed by atoms with E-state index in [1.807, 2.05) is 17.5 Å². The second-order valence-corrected chi connectivity index (χ2v) is 6.19. The third-order valence-electron chi connectivity index (χ3n) is 3.42. The van der Waals surface area contributed by atoms with Crippen LogP contribution in [0.25, 0.3) is 10.8 Å². The topological polar surface area (TPSA) is 49.5 Å². The van der Waals surface area contributed by atoms with E-state index in [4.69, 9.17) is 4.42 Å². The number of rotatable bonds is 5. The maximum atomic E-state index is 10.1. The number of thiophene rings is 1. The second kappa shape index (κ2) is 5.07. The summed E-state index contributed by atoms with van der Waals surface area (Å²) in [6.07, 6.45) is 3.62. The molecular weight excluding hydrogens is 260 g/mol. The van der Waals surface area contributed by atoms with Crippen LogP contribution in [-0.2, 0) is 6.54 Å². The number of hydrogen-bond donors (Lipinski definition) is 1. The molecule has 0 aliphatic carbocycles. The van der Waals surface area contributed by atoms with E-state index in [9.17, 15) is 5.11 Å². The summed E-state index contributed by atoms with van der Waals surface area (Å²) in [5.74, 6) is 0.689. The van der Waals surface area contributed by atoms with Crippen LogP contribution in [0, 0.1) is 0 Å². The molecule has 2 aromatic rings. The summed E-state index contributed by atoms with van der Waals surface area (Å²) < 4.78 is 5.49. The average molecular weight is 278 g/mol. The molecule has 0 spiro atoms. The Labute approximate surface area is 116 Å². The lowest BCUT2D eigenvalue weighted by molar-refractivity contribution is -0.107. The Morgan fingerprint density at radius 1 is 1.53 bits per heavy atom. The number of aromatic nitrogens is 1. The molecule has 0 bridgehead atoms. The van der Waals surface area contributed by atoms with Gasteiger partial charge in [-0.2, -0.15) is 0 Å². The van der Waals surface area contributed by atoms with Crippen LogP contribution in [0.2, 0.25) is 0 Å². The summed E-state index contributed by atoms with van der Waals surface area (Å²) in [5, 5.41) is 12.1. The highest BCUT2D eigenvalue weighted by Gasteiger charge is 2.40. The van der Waals surface area contributed by atoms with Crippen molar-refractivity contribution in [2.24, 2.45) is 0 Å². The molecule has 19 heavy (non-hydrogen) atoms. The maximum Gasteiger partial charge on any atom is 0.236 e. The van der Waals surface area contributed by atoms with E-state index in [0.29, 0.717) is 5.89 Å². The van der Waals surface area contributed by atoms with Crippen molar-refractivity contribution in [2.75, 3.05) is 13.1 Å². The first kappa shape index (κ1) is 12.8. The molecule has 0 saturated carbocycles. The molecule has 5 heteroatoms. The Kier molecular flexibility index (Phi) is 3.43. The van der Waals surface area contributed by atoms with E-state index in [1.165, 1.54) is 0 Å². The maximum absolute atomic E-state index is 10.1. The average Bonchev–Trinajstić information content (AvgIpc) is 2.96. The van der Waals surface area contributed by atoms with Crippen LogP contribution in [-0.4, -0.2) is 33.7 Å². The van der Waals surface area contributed by atoms with Gasteiger partial charge < -0.3 is 9.52 Å². The molecule has 3 heterocycles. The van der Waals surface area contributed by atoms with Gasteiger partial charge in [-0.15, -0.1) is 11.3 Å². The third-order valence-corrected chi connectivity index (χ3v) is 4.28. The molecule has 0 amide bonds. The highest BCUT2D eigenvalue weighted by molar-refractivity contribution is 7.13. The SMILES string of the molecule is CCCC1(O)CN(Cc2coc(-c3cccs3)n2)C1. The molecule has 102 valence electrons. The van der Waals surface area contributed by atoms with Crippen molar-refractivity contribution in [1.82, 2.24) is 9.88 Å². The van der Waals surface area contributed by atoms with Crippen molar-refractivity contribution in [3.05, 3.63) is 29.5 Å². The van der Waals surface area contributed by atoms with Crippen LogP contribution < -0.4 is 0 Å². The lowest BCUT2D eigenvalue weighted by Gasteiger charge is -2.46. The zero-order valence-corrected chi connectivity index (χ0v) is 11.8. The van der Waals surface area contributed by atoms with Crippen molar-refractivity contribution >= 4 is 11.3 Å². The van der Waals surface area contributed by atoms with Gasteiger partial charge in [0.15, 0.2) is 0 Å². The highest BCUT2D eigenvalue weighted by atomic mass is 32.1. The Bertz CT molecular complexity index is 529. The molecule has 0 atom stereocenters. The number of aliphatic hydroxyl groups is 1. The number of hydrogen-bond acceptors (Lipinski definition) is 5. The summed E-state index contributed by atoms with van der Waals surface area (Å²) in [4.78, 5) is 7.74. The zero-order chi connectivity index (χ0) is 13.3. The smallest absolute Gasteiger partial charge is 0.236 e. The minimum absolute atomic E-state index is 0.477. The van der Waals surface area contributed by atoms with Gasteiger partial charge in [-0.3, -0.25) is 4.90 Å². The van der Waals surface area contributed by atoms with Gasteiger partial charge in [-0.1, -0.05) is 19.4 Å². The first-order chi connectivity index (χ1) is 9.18. The monoisotopic (exact) mass is 278 g/mol. The van der Waals surface area contributed by atoms with Gasteiger partial charge in [-0.25, -0.2) is 4.98 Å². The standard InChI is InChI=1S/C14H18N2O2S/c1-2-5-14(17)9-16(10-14)7-11-8-18-13(15-11)12-4-3-6-19-12/h3-4,6,8,17H,2,5,7,9-10H2,1H3. The van der Waals surface area contributed by atoms with E-state index >= 15 is 0 Å². The molecule has 0 radical (unpaired) electrons. The largest absolute Gasteiger partial charge is 0.444 e. The van der Waals surface area contributed by atoms with Crippen LogP contribution in [0.4, 0.5) is 0 Å². The van der Waals surface area contributed by atoms with Crippen molar-refractivity contribution in [3.63, 3.8) is 0 Å². The van der Waals surface area contributed by atoms with Crippen LogP contribution in [0.5, 0.6) is 0 Å². The van der Waals surface area contributed by atoms with Crippen LogP contribution in [0.15, 0.2) is 28.2 Å². The second-order valence-electron chi connectivity index (χ2n) is 5.24. The summed E-state index contributed by atoms with van der Waals surface area (Å²) in [6, 6.07) is 3.99. The van der Waals surface area contributed by atoms with Gasteiger partial charge in [0.1, 0.15) is 6.26 Å². The van der Waals surface area contributed by atoms with Gasteiger partial charge >= 0.3 is 0 Å². The van der Waals surface area contributed by atoms with Gasteiger partial charge in [-0.05, 0) is 17.9 Å². The Morgan fingerprint density at radius 2 is 2.37 bits per heavy atom. The molecule has 0 aromatic carbocycles. The fourth-order valence-electron chi connectivity index (χ4n) is 2.64. The van der Waals surface area contributed by atoms with Gasteiger partial charge in [0.25, 0.3) is 0 Å². The van der Waals surface area contributed by atoms with Crippen LogP contribution in [0.3, 0.4) is 0 Å². The molecule has 0 unspecified atom stereocenters. The van der Waals surface area contributed by atoms with E-state index in [2.05, 4.69) is 16.8 Å². The number of likely N-dealkylation sites (tertiary alicyclic amines) is 1. The van der Waals surface area contributed by atoms with E-state index in [0.717, 1.165) is 43.0 Å². The summed E-state index contributed by atoms with van der Waals surface area (Å²) in [5.41, 5.74) is 0.455. The van der Waals surface area contributed by atoms with Crippen molar-refractivity contribution < 1.29 is 9.52 Å². The van der Waals surface area contributed by atoms with E-state index < -0.39 is 5.60 Å². The number of oxazole rings is 1. The molecule has 3 rings (SSSR count). The third kappa shape index (κ3) is 2.73. The summed E-state index contributed by atoms with van der Waals surface area (Å²) in [6.45, 7) is 4.33. The zero-order valence-electron chi connectivity index (χ0n) is 11.0. The van der Waals surface area contributed by atoms with E-state index in [1.54, 1.807) is 17.6 Å². The minimum Gasteiger partial charge on any atom is -0.444 e. The predicted octanol–water partition coefficient (Wildman–Crippen LogP) is 2.75. The van der Waals surface area contributed by atoms with Crippen molar-refractivity contribution in [3.8, 4) is 10.8 Å². The summed E-state index contributed by atoms with van der Waals surface area (Å²) in [7, 11) is 0. The molecule has 1 saturated heterocycles. The van der Waals surface area contributed by atoms with Gasteiger partial charge in [0, 0.05) is 19.6 Å². The fourth-order valence-corrected chi connectivity index (χ4v) is 3.30. The Balaban J connectivity index is 1.58. The first-order valence-corrected chi connectivity index (χ1v) is 7.49. The lowest BCUT2D eigenvalue weighted by atomic mass is 9.89. The number of nitrogens with zero attached hydrogens (tertiary/aromatic N) is 2. The normalized spacial score (nSPS) is 18.4. The van der Waals surface area contributed by atoms with Gasteiger partial charge in [0.2, 0.25) is 5.89 Å². The van der Waals surface area contributed by atoms with Crippen LogP contribution in [0.1, 0.15) is 25.5 Å². The predicted molar refractivity (Wildman–Crippen MR) is 75.0 cm³/mol. The molecule has 1 aliphatic heterocycles. The molecular formula is C14H18N2O2S. The first-order valence-electron chi connectivity index (χ1n) is 6.61. The number of β-amino-alcohol motifs (C(OH)–C–C–N with tert-alkyl or cyclic N) is 1.